The van der Waals surface area contributed by atoms with Crippen LogP contribution in [0.4, 0.5) is 0 Å². The number of hydrogen-bond donors (Lipinski definition) is 0. The van der Waals surface area contributed by atoms with Crippen molar-refractivity contribution in [2.24, 2.45) is 17.8 Å². The number of rotatable bonds is 6. The van der Waals surface area contributed by atoms with Gasteiger partial charge in [-0.05, 0) is 43.9 Å². The summed E-state index contributed by atoms with van der Waals surface area (Å²) in [6, 6.07) is 0. The van der Waals surface area contributed by atoms with E-state index in [4.69, 9.17) is 0 Å². The van der Waals surface area contributed by atoms with Crippen LogP contribution >= 0.6 is 0 Å². The molecule has 0 aromatic heterocycles. The molecular weight excluding hydrogens is 196 g/mol. The lowest BCUT2D eigenvalue weighted by Crippen LogP contribution is -2.19. The Hall–Kier alpha value is -0.330. The Bertz CT molecular complexity index is 201. The molecule has 0 aromatic rings. The average molecular weight is 224 g/mol. The van der Waals surface area contributed by atoms with Gasteiger partial charge in [-0.25, -0.2) is 0 Å². The van der Waals surface area contributed by atoms with Gasteiger partial charge < -0.3 is 4.79 Å². The topological polar surface area (TPSA) is 17.1 Å². The lowest BCUT2D eigenvalue weighted by atomic mass is 9.74. The maximum atomic E-state index is 10.9. The molecule has 0 saturated heterocycles. The van der Waals surface area contributed by atoms with Gasteiger partial charge in [-0.1, -0.05) is 39.5 Å². The van der Waals surface area contributed by atoms with Crippen molar-refractivity contribution in [2.75, 3.05) is 0 Å². The quantitative estimate of drug-likeness (QED) is 0.644. The number of ketones is 1. The van der Waals surface area contributed by atoms with Gasteiger partial charge in [-0.3, -0.25) is 0 Å². The molecule has 1 aliphatic carbocycles. The van der Waals surface area contributed by atoms with Crippen molar-refractivity contribution in [3.8, 4) is 0 Å². The van der Waals surface area contributed by atoms with E-state index in [1.807, 2.05) is 0 Å². The second kappa shape index (κ2) is 7.09. The summed E-state index contributed by atoms with van der Waals surface area (Å²) in [5.74, 6) is 3.17. The molecule has 1 fully saturated rings. The Labute approximate surface area is 101 Å². The molecule has 1 heteroatoms. The minimum absolute atomic E-state index is 0.355. The lowest BCUT2D eigenvalue weighted by molar-refractivity contribution is -0.117. The van der Waals surface area contributed by atoms with Crippen molar-refractivity contribution in [3.05, 3.63) is 0 Å². The Kier molecular flexibility index (Phi) is 6.08. The van der Waals surface area contributed by atoms with Gasteiger partial charge in [0, 0.05) is 6.42 Å². The molecule has 1 unspecified atom stereocenters. The van der Waals surface area contributed by atoms with E-state index >= 15 is 0 Å². The summed E-state index contributed by atoms with van der Waals surface area (Å²) >= 11 is 0. The summed E-state index contributed by atoms with van der Waals surface area (Å²) in [6.07, 6.45) is 10.2. The fraction of sp³-hybridized carbons (Fsp3) is 0.933. The third kappa shape index (κ3) is 4.67. The minimum Gasteiger partial charge on any atom is -0.300 e. The molecule has 1 rings (SSSR count). The molecular formula is C15H28O. The van der Waals surface area contributed by atoms with E-state index in [0.717, 1.165) is 30.6 Å². The third-order valence-electron chi connectivity index (χ3n) is 4.48. The number of Topliss-reactive ketones (excluding diaryl/α,β-unsaturated/α-hetero) is 1. The van der Waals surface area contributed by atoms with Gasteiger partial charge >= 0.3 is 0 Å². The first-order valence-electron chi connectivity index (χ1n) is 7.12. The van der Waals surface area contributed by atoms with Gasteiger partial charge in [0.15, 0.2) is 0 Å². The van der Waals surface area contributed by atoms with Crippen LogP contribution in [0.3, 0.4) is 0 Å². The molecule has 1 aliphatic rings. The predicted octanol–water partition coefficient (Wildman–Crippen LogP) is 4.60. The summed E-state index contributed by atoms with van der Waals surface area (Å²) in [6.45, 7) is 6.42. The molecule has 0 N–H and O–H groups in total. The molecule has 0 spiro atoms. The fourth-order valence-electron chi connectivity index (χ4n) is 3.02. The van der Waals surface area contributed by atoms with Crippen molar-refractivity contribution >= 4 is 5.78 Å². The van der Waals surface area contributed by atoms with E-state index in [1.54, 1.807) is 6.92 Å². The number of carbonyl (C=O) groups is 1. The van der Waals surface area contributed by atoms with Crippen molar-refractivity contribution in [3.63, 3.8) is 0 Å². The molecule has 0 heterocycles. The van der Waals surface area contributed by atoms with Gasteiger partial charge in [0.05, 0.1) is 0 Å². The first kappa shape index (κ1) is 13.7. The molecule has 16 heavy (non-hydrogen) atoms. The highest BCUT2D eigenvalue weighted by Crippen LogP contribution is 2.36. The van der Waals surface area contributed by atoms with E-state index in [2.05, 4.69) is 13.8 Å². The molecule has 94 valence electrons. The molecule has 1 nitrogen and oxygen atoms in total. The van der Waals surface area contributed by atoms with Gasteiger partial charge in [0.25, 0.3) is 0 Å². The van der Waals surface area contributed by atoms with Crippen LogP contribution in [0.25, 0.3) is 0 Å². The van der Waals surface area contributed by atoms with E-state index in [-0.39, 0.29) is 0 Å². The van der Waals surface area contributed by atoms with Crippen molar-refractivity contribution in [1.82, 2.24) is 0 Å². The minimum atomic E-state index is 0.355. The molecule has 1 saturated carbocycles. The van der Waals surface area contributed by atoms with Crippen LogP contribution in [-0.2, 0) is 4.79 Å². The smallest absolute Gasteiger partial charge is 0.129 e. The van der Waals surface area contributed by atoms with Crippen LogP contribution in [0.15, 0.2) is 0 Å². The zero-order valence-corrected chi connectivity index (χ0v) is 11.3. The van der Waals surface area contributed by atoms with Crippen LogP contribution in [0, 0.1) is 17.8 Å². The molecule has 0 radical (unpaired) electrons. The molecule has 0 amide bonds. The molecule has 1 atom stereocenters. The normalized spacial score (nSPS) is 27.7. The van der Waals surface area contributed by atoms with Crippen molar-refractivity contribution in [2.45, 2.75) is 72.1 Å². The first-order valence-corrected chi connectivity index (χ1v) is 7.12. The van der Waals surface area contributed by atoms with Crippen molar-refractivity contribution < 1.29 is 4.79 Å². The zero-order chi connectivity index (χ0) is 12.0. The second-order valence-corrected chi connectivity index (χ2v) is 5.76. The summed E-state index contributed by atoms with van der Waals surface area (Å²) in [5.41, 5.74) is 0. The SMILES string of the molecule is CCC(C)C1CCC(CCCC(C)=O)CC1. The summed E-state index contributed by atoms with van der Waals surface area (Å²) in [7, 11) is 0. The Balaban J connectivity index is 2.14. The second-order valence-electron chi connectivity index (χ2n) is 5.76. The monoisotopic (exact) mass is 224 g/mol. The summed E-state index contributed by atoms with van der Waals surface area (Å²) < 4.78 is 0. The van der Waals surface area contributed by atoms with E-state index in [0.29, 0.717) is 5.78 Å². The maximum absolute atomic E-state index is 10.9. The van der Waals surface area contributed by atoms with Crippen LogP contribution in [-0.4, -0.2) is 5.78 Å². The molecule has 0 aliphatic heterocycles. The highest BCUT2D eigenvalue weighted by molar-refractivity contribution is 5.75. The van der Waals surface area contributed by atoms with Gasteiger partial charge in [-0.2, -0.15) is 0 Å². The van der Waals surface area contributed by atoms with Crippen molar-refractivity contribution in [1.29, 1.82) is 0 Å². The zero-order valence-electron chi connectivity index (χ0n) is 11.3. The van der Waals surface area contributed by atoms with Crippen LogP contribution in [0.1, 0.15) is 72.1 Å². The van der Waals surface area contributed by atoms with Gasteiger partial charge in [-0.15, -0.1) is 0 Å². The number of hydrogen-bond acceptors (Lipinski definition) is 1. The summed E-state index contributed by atoms with van der Waals surface area (Å²) in [4.78, 5) is 10.9. The largest absolute Gasteiger partial charge is 0.300 e. The molecule has 0 aromatic carbocycles. The third-order valence-corrected chi connectivity index (χ3v) is 4.48. The van der Waals surface area contributed by atoms with Crippen LogP contribution in [0.2, 0.25) is 0 Å². The van der Waals surface area contributed by atoms with E-state index in [9.17, 15) is 4.79 Å². The van der Waals surface area contributed by atoms with Gasteiger partial charge in [0.2, 0.25) is 0 Å². The fourth-order valence-corrected chi connectivity index (χ4v) is 3.02. The lowest BCUT2D eigenvalue weighted by Gasteiger charge is -2.32. The highest BCUT2D eigenvalue weighted by Gasteiger charge is 2.23. The van der Waals surface area contributed by atoms with Crippen LogP contribution < -0.4 is 0 Å². The summed E-state index contributed by atoms with van der Waals surface area (Å²) in [5, 5.41) is 0. The van der Waals surface area contributed by atoms with E-state index < -0.39 is 0 Å². The Morgan fingerprint density at radius 3 is 2.38 bits per heavy atom. The standard InChI is InChI=1S/C15H28O/c1-4-12(2)15-10-8-14(9-11-15)7-5-6-13(3)16/h12,14-15H,4-11H2,1-3H3. The highest BCUT2D eigenvalue weighted by atomic mass is 16.1. The predicted molar refractivity (Wildman–Crippen MR) is 69.4 cm³/mol. The molecule has 0 bridgehead atoms. The average Bonchev–Trinajstić information content (AvgIpc) is 2.28. The Morgan fingerprint density at radius 2 is 1.88 bits per heavy atom. The maximum Gasteiger partial charge on any atom is 0.129 e. The Morgan fingerprint density at radius 1 is 1.25 bits per heavy atom. The van der Waals surface area contributed by atoms with E-state index in [1.165, 1.54) is 38.5 Å². The number of carbonyl (C=O) groups excluding carboxylic acids is 1. The first-order chi connectivity index (χ1) is 7.63. The van der Waals surface area contributed by atoms with Gasteiger partial charge in [0.1, 0.15) is 5.78 Å². The van der Waals surface area contributed by atoms with Crippen LogP contribution in [0.5, 0.6) is 0 Å².